The number of carbonyl (C=O) groups excluding carboxylic acids is 1. The van der Waals surface area contributed by atoms with Crippen molar-refractivity contribution in [3.05, 3.63) is 76.7 Å². The Morgan fingerprint density at radius 2 is 1.81 bits per heavy atom. The first-order chi connectivity index (χ1) is 20.6. The van der Waals surface area contributed by atoms with Gasteiger partial charge in [-0.25, -0.2) is 8.78 Å². The van der Waals surface area contributed by atoms with E-state index in [0.29, 0.717) is 23.1 Å². The maximum atomic E-state index is 14.4. The fraction of sp³-hybridized carbons (Fsp3) is 0.583. The van der Waals surface area contributed by atoms with Crippen molar-refractivity contribution in [2.45, 2.75) is 90.7 Å². The second-order valence-electron chi connectivity index (χ2n) is 13.2. The molecule has 5 rings (SSSR count). The number of likely N-dealkylation sites (tertiary alicyclic amines) is 2. The Morgan fingerprint density at radius 3 is 2.42 bits per heavy atom. The molecule has 5 nitrogen and oxygen atoms in total. The van der Waals surface area contributed by atoms with E-state index in [1.165, 1.54) is 37.0 Å². The number of nitrogens with two attached hydrogens (primary N) is 1. The van der Waals surface area contributed by atoms with Crippen molar-refractivity contribution in [2.24, 2.45) is 17.6 Å². The van der Waals surface area contributed by atoms with E-state index in [2.05, 4.69) is 13.8 Å². The highest BCUT2D eigenvalue weighted by molar-refractivity contribution is 5.94. The SMILES string of the molecule is CCC1CC(c2ccc(C(=O)N3CCC([N+]4(CC)CCCC4)CC3)cc2)=CC(OC(C)C2=CC=CCC2C(C)(F)F)=C1N. The molecule has 3 atom stereocenters. The van der Waals surface area contributed by atoms with Crippen molar-refractivity contribution in [1.82, 2.24) is 4.90 Å². The molecule has 0 saturated carbocycles. The average Bonchev–Trinajstić information content (AvgIpc) is 3.52. The number of quaternary nitrogens is 1. The number of benzene rings is 1. The standard InChI is InChI=1S/C36H49F2N3O2/c1-5-26-23-29(24-33(34(26)39)43-25(3)31-11-7-8-12-32(31)36(4,37)38)27-13-15-28(16-14-27)35(42)40-19-17-30(18-20-40)41(6-2)21-9-10-22-41/h7-8,11,13-16,24-26,30,32H,5-6,9-10,12,17-23H2,1-4H3,(H-,39,42)/p+1. The summed E-state index contributed by atoms with van der Waals surface area (Å²) in [5.74, 6) is -2.97. The van der Waals surface area contributed by atoms with Crippen LogP contribution in [0.5, 0.6) is 0 Å². The van der Waals surface area contributed by atoms with Gasteiger partial charge in [0.2, 0.25) is 0 Å². The maximum Gasteiger partial charge on any atom is 0.253 e. The summed E-state index contributed by atoms with van der Waals surface area (Å²) in [5.41, 5.74) is 10.6. The molecule has 7 heteroatoms. The van der Waals surface area contributed by atoms with Gasteiger partial charge < -0.3 is 19.9 Å². The van der Waals surface area contributed by atoms with Gasteiger partial charge in [-0.15, -0.1) is 0 Å². The van der Waals surface area contributed by atoms with Crippen LogP contribution in [-0.4, -0.2) is 66.1 Å². The van der Waals surface area contributed by atoms with Crippen molar-refractivity contribution < 1.29 is 22.8 Å². The molecular formula is C36H50F2N3O2+. The lowest BCUT2D eigenvalue weighted by Gasteiger charge is -2.45. The lowest BCUT2D eigenvalue weighted by Crippen LogP contribution is -2.57. The summed E-state index contributed by atoms with van der Waals surface area (Å²) in [6.07, 6.45) is 13.5. The first-order valence-corrected chi connectivity index (χ1v) is 16.4. The lowest BCUT2D eigenvalue weighted by molar-refractivity contribution is -0.940. The van der Waals surface area contributed by atoms with Crippen LogP contribution in [-0.2, 0) is 4.74 Å². The Balaban J connectivity index is 1.27. The number of nitrogens with zero attached hydrogens (tertiary/aromatic N) is 2. The zero-order valence-corrected chi connectivity index (χ0v) is 26.5. The molecule has 2 saturated heterocycles. The molecule has 3 unspecified atom stereocenters. The molecule has 1 aromatic carbocycles. The molecule has 1 aromatic rings. The summed E-state index contributed by atoms with van der Waals surface area (Å²) in [7, 11) is 0. The van der Waals surface area contributed by atoms with Crippen LogP contribution >= 0.6 is 0 Å². The van der Waals surface area contributed by atoms with Crippen LogP contribution in [0.25, 0.3) is 5.57 Å². The first-order valence-electron chi connectivity index (χ1n) is 16.4. The molecule has 2 N–H and O–H groups in total. The molecule has 0 radical (unpaired) electrons. The van der Waals surface area contributed by atoms with E-state index in [9.17, 15) is 13.6 Å². The molecule has 1 amide bonds. The van der Waals surface area contributed by atoms with Gasteiger partial charge in [-0.3, -0.25) is 4.79 Å². The fourth-order valence-corrected chi connectivity index (χ4v) is 7.90. The van der Waals surface area contributed by atoms with Gasteiger partial charge in [-0.1, -0.05) is 37.3 Å². The van der Waals surface area contributed by atoms with Crippen molar-refractivity contribution in [1.29, 1.82) is 0 Å². The third kappa shape index (κ3) is 6.62. The van der Waals surface area contributed by atoms with Crippen LogP contribution in [0.1, 0.15) is 88.6 Å². The zero-order valence-electron chi connectivity index (χ0n) is 26.5. The number of hydrogen-bond donors (Lipinski definition) is 1. The summed E-state index contributed by atoms with van der Waals surface area (Å²) < 4.78 is 36.4. The number of ether oxygens (including phenoxy) is 1. The smallest absolute Gasteiger partial charge is 0.253 e. The second-order valence-corrected chi connectivity index (χ2v) is 13.2. The molecule has 0 bridgehead atoms. The predicted octanol–water partition coefficient (Wildman–Crippen LogP) is 7.47. The van der Waals surface area contributed by atoms with Gasteiger partial charge in [0.1, 0.15) is 11.9 Å². The summed E-state index contributed by atoms with van der Waals surface area (Å²) in [4.78, 5) is 15.5. The van der Waals surface area contributed by atoms with Gasteiger partial charge in [-0.05, 0) is 75.0 Å². The number of carbonyl (C=O) groups is 1. The lowest BCUT2D eigenvalue weighted by atomic mass is 9.83. The molecule has 2 fully saturated rings. The number of rotatable bonds is 9. The van der Waals surface area contributed by atoms with E-state index in [-0.39, 0.29) is 18.2 Å². The normalized spacial score (nSPS) is 25.4. The van der Waals surface area contributed by atoms with Crippen LogP contribution in [0.3, 0.4) is 0 Å². The van der Waals surface area contributed by atoms with Crippen LogP contribution in [0.2, 0.25) is 0 Å². The number of alkyl halides is 2. The molecule has 43 heavy (non-hydrogen) atoms. The number of amides is 1. The van der Waals surface area contributed by atoms with Crippen molar-refractivity contribution in [3.8, 4) is 0 Å². The molecule has 2 heterocycles. The van der Waals surface area contributed by atoms with Gasteiger partial charge in [-0.2, -0.15) is 0 Å². The summed E-state index contributed by atoms with van der Waals surface area (Å²) in [5, 5.41) is 0. The minimum absolute atomic E-state index is 0.0955. The van der Waals surface area contributed by atoms with E-state index >= 15 is 0 Å². The highest BCUT2D eigenvalue weighted by Crippen LogP contribution is 2.40. The van der Waals surface area contributed by atoms with Gasteiger partial charge in [0.15, 0.2) is 0 Å². The number of piperidine rings is 1. The third-order valence-electron chi connectivity index (χ3n) is 10.7. The highest BCUT2D eigenvalue weighted by Gasteiger charge is 2.41. The Labute approximate surface area is 256 Å². The van der Waals surface area contributed by atoms with Crippen LogP contribution in [0.4, 0.5) is 8.78 Å². The van der Waals surface area contributed by atoms with Crippen molar-refractivity contribution in [2.75, 3.05) is 32.7 Å². The third-order valence-corrected chi connectivity index (χ3v) is 10.7. The zero-order chi connectivity index (χ0) is 30.8. The van der Waals surface area contributed by atoms with E-state index in [1.807, 2.05) is 48.2 Å². The van der Waals surface area contributed by atoms with Crippen LogP contribution in [0, 0.1) is 11.8 Å². The minimum atomic E-state index is -2.84. The highest BCUT2D eigenvalue weighted by atomic mass is 19.3. The Hall–Kier alpha value is -2.93. The molecule has 234 valence electrons. The van der Waals surface area contributed by atoms with E-state index in [4.69, 9.17) is 10.5 Å². The van der Waals surface area contributed by atoms with Crippen molar-refractivity contribution in [3.63, 3.8) is 0 Å². The van der Waals surface area contributed by atoms with E-state index < -0.39 is 17.9 Å². The molecule has 2 aliphatic heterocycles. The number of hydrogen-bond acceptors (Lipinski definition) is 3. The molecule has 4 aliphatic rings. The number of allylic oxidation sites excluding steroid dienone is 6. The molecule has 0 spiro atoms. The number of halogens is 2. The van der Waals surface area contributed by atoms with Gasteiger partial charge in [0.25, 0.3) is 11.8 Å². The topological polar surface area (TPSA) is 55.6 Å². The average molecular weight is 595 g/mol. The monoisotopic (exact) mass is 594 g/mol. The summed E-state index contributed by atoms with van der Waals surface area (Å²) in [6, 6.07) is 8.59. The van der Waals surface area contributed by atoms with E-state index in [1.54, 1.807) is 12.2 Å². The quantitative estimate of drug-likeness (QED) is 0.302. The second kappa shape index (κ2) is 13.0. The predicted molar refractivity (Wildman–Crippen MR) is 169 cm³/mol. The largest absolute Gasteiger partial charge is 0.485 e. The Bertz CT molecular complexity index is 1280. The maximum absolute atomic E-state index is 14.4. The fourth-order valence-electron chi connectivity index (χ4n) is 7.90. The van der Waals surface area contributed by atoms with Gasteiger partial charge >= 0.3 is 0 Å². The molecule has 0 aromatic heterocycles. The Morgan fingerprint density at radius 1 is 1.14 bits per heavy atom. The minimum Gasteiger partial charge on any atom is -0.485 e. The van der Waals surface area contributed by atoms with Crippen LogP contribution < -0.4 is 5.73 Å². The first kappa shape index (κ1) is 31.5. The van der Waals surface area contributed by atoms with Crippen LogP contribution in [0.15, 0.2) is 65.6 Å². The van der Waals surface area contributed by atoms with Crippen molar-refractivity contribution >= 4 is 11.5 Å². The van der Waals surface area contributed by atoms with Gasteiger partial charge in [0.05, 0.1) is 37.3 Å². The summed E-state index contributed by atoms with van der Waals surface area (Å²) >= 11 is 0. The molecular weight excluding hydrogens is 544 g/mol. The molecule has 2 aliphatic carbocycles. The van der Waals surface area contributed by atoms with E-state index in [0.717, 1.165) is 62.4 Å². The Kier molecular flexibility index (Phi) is 9.50. The van der Waals surface area contributed by atoms with Gasteiger partial charge in [0, 0.05) is 50.3 Å². The summed E-state index contributed by atoms with van der Waals surface area (Å²) in [6.45, 7) is 12.7.